The van der Waals surface area contributed by atoms with Gasteiger partial charge in [-0.25, -0.2) is 18.2 Å². The van der Waals surface area contributed by atoms with Crippen LogP contribution in [0.2, 0.25) is 0 Å². The molecule has 0 radical (unpaired) electrons. The molecule has 2 N–H and O–H groups in total. The zero-order valence-electron chi connectivity index (χ0n) is 14.0. The van der Waals surface area contributed by atoms with Gasteiger partial charge in [0.2, 0.25) is 0 Å². The van der Waals surface area contributed by atoms with Gasteiger partial charge in [-0.2, -0.15) is 0 Å². The summed E-state index contributed by atoms with van der Waals surface area (Å²) in [4.78, 5) is 14.3. The molecule has 1 aliphatic heterocycles. The summed E-state index contributed by atoms with van der Waals surface area (Å²) < 4.78 is 36.8. The smallest absolute Gasteiger partial charge is 0.323 e. The number of nitrogens with zero attached hydrogens (tertiary/aromatic N) is 3. The Morgan fingerprint density at radius 3 is 2.48 bits per heavy atom. The number of urea groups is 1. The summed E-state index contributed by atoms with van der Waals surface area (Å²) in [7, 11) is 0. The lowest BCUT2D eigenvalue weighted by molar-refractivity contribution is 0.123. The number of hydrogen-bond acceptors (Lipinski definition) is 6. The van der Waals surface area contributed by atoms with Crippen LogP contribution in [0, 0.1) is 11.6 Å². The number of morpholine rings is 1. The predicted octanol–water partition coefficient (Wildman–Crippen LogP) is 2.98. The third kappa shape index (κ3) is 3.51. The van der Waals surface area contributed by atoms with Crippen LogP contribution in [0.5, 0.6) is 0 Å². The highest BCUT2D eigenvalue weighted by Crippen LogP contribution is 2.30. The summed E-state index contributed by atoms with van der Waals surface area (Å²) in [5, 5.41) is 12.7. The number of carbonyl (C=O) groups is 1. The van der Waals surface area contributed by atoms with Crippen LogP contribution >= 0.6 is 0 Å². The van der Waals surface area contributed by atoms with Crippen LogP contribution < -0.4 is 15.5 Å². The van der Waals surface area contributed by atoms with Crippen LogP contribution in [0.1, 0.15) is 0 Å². The largest absolute Gasteiger partial charge is 0.378 e. The van der Waals surface area contributed by atoms with Gasteiger partial charge in [-0.15, -0.1) is 0 Å². The summed E-state index contributed by atoms with van der Waals surface area (Å²) in [5.74, 6) is -1.60. The van der Waals surface area contributed by atoms with E-state index in [1.807, 2.05) is 0 Å². The molecule has 8 nitrogen and oxygen atoms in total. The molecule has 2 heterocycles. The summed E-state index contributed by atoms with van der Waals surface area (Å²) in [6.07, 6.45) is 0. The third-order valence-electron chi connectivity index (χ3n) is 4.17. The fraction of sp³-hybridized carbons (Fsp3) is 0.235. The summed E-state index contributed by atoms with van der Waals surface area (Å²) in [6, 6.07) is 5.63. The van der Waals surface area contributed by atoms with Crippen molar-refractivity contribution < 1.29 is 22.9 Å². The van der Waals surface area contributed by atoms with E-state index in [4.69, 9.17) is 9.37 Å². The maximum atomic E-state index is 13.7. The summed E-state index contributed by atoms with van der Waals surface area (Å²) in [5.41, 5.74) is 1.90. The Bertz CT molecular complexity index is 988. The molecule has 0 spiro atoms. The van der Waals surface area contributed by atoms with Crippen molar-refractivity contribution in [3.05, 3.63) is 42.0 Å². The first-order valence-electron chi connectivity index (χ1n) is 8.23. The van der Waals surface area contributed by atoms with Gasteiger partial charge in [0.25, 0.3) is 0 Å². The van der Waals surface area contributed by atoms with E-state index in [1.54, 1.807) is 12.1 Å². The van der Waals surface area contributed by atoms with Crippen molar-refractivity contribution in [1.29, 1.82) is 0 Å². The number of halogens is 2. The zero-order valence-corrected chi connectivity index (χ0v) is 14.0. The van der Waals surface area contributed by atoms with Crippen LogP contribution in [-0.4, -0.2) is 42.6 Å². The molecule has 0 atom stereocenters. The molecule has 140 valence electrons. The second-order valence-electron chi connectivity index (χ2n) is 5.90. The standard InChI is InChI=1S/C17H15F2N5O3/c18-10-1-2-12(11(19)9-10)20-17(25)21-13-3-4-14(16-15(13)22-27-23-16)24-5-7-26-8-6-24/h1-4,9H,5-8H2,(H2,20,21,25). The lowest BCUT2D eigenvalue weighted by Crippen LogP contribution is -2.36. The van der Waals surface area contributed by atoms with E-state index in [2.05, 4.69) is 25.8 Å². The number of hydrogen-bond donors (Lipinski definition) is 2. The minimum absolute atomic E-state index is 0.145. The van der Waals surface area contributed by atoms with Gasteiger partial charge in [0.15, 0.2) is 11.0 Å². The highest BCUT2D eigenvalue weighted by Gasteiger charge is 2.20. The molecule has 1 aliphatic rings. The normalized spacial score (nSPS) is 14.4. The van der Waals surface area contributed by atoms with Crippen molar-refractivity contribution >= 4 is 34.1 Å². The van der Waals surface area contributed by atoms with Crippen molar-refractivity contribution in [2.45, 2.75) is 0 Å². The van der Waals surface area contributed by atoms with Gasteiger partial charge in [-0.1, -0.05) is 0 Å². The number of amides is 2. The van der Waals surface area contributed by atoms with Crippen LogP contribution in [0.3, 0.4) is 0 Å². The van der Waals surface area contributed by atoms with Gasteiger partial charge in [0.1, 0.15) is 11.6 Å². The quantitative estimate of drug-likeness (QED) is 0.731. The molecule has 4 rings (SSSR count). The van der Waals surface area contributed by atoms with E-state index in [0.717, 1.165) is 17.8 Å². The molecule has 0 bridgehead atoms. The average molecular weight is 375 g/mol. The predicted molar refractivity (Wildman–Crippen MR) is 93.8 cm³/mol. The molecule has 2 amide bonds. The number of rotatable bonds is 3. The van der Waals surface area contributed by atoms with Gasteiger partial charge in [-0.05, 0) is 34.6 Å². The van der Waals surface area contributed by atoms with Crippen LogP contribution in [0.4, 0.5) is 30.6 Å². The van der Waals surface area contributed by atoms with E-state index in [-0.39, 0.29) is 5.69 Å². The number of aromatic nitrogens is 2. The van der Waals surface area contributed by atoms with E-state index in [0.29, 0.717) is 49.1 Å². The zero-order chi connectivity index (χ0) is 18.8. The molecule has 0 unspecified atom stereocenters. The molecular weight excluding hydrogens is 360 g/mol. The highest BCUT2D eigenvalue weighted by molar-refractivity contribution is 6.06. The Hall–Kier alpha value is -3.27. The van der Waals surface area contributed by atoms with Crippen molar-refractivity contribution in [3.63, 3.8) is 0 Å². The second-order valence-corrected chi connectivity index (χ2v) is 5.90. The number of anilines is 3. The third-order valence-corrected chi connectivity index (χ3v) is 4.17. The molecule has 0 saturated carbocycles. The molecule has 0 aliphatic carbocycles. The molecule has 10 heteroatoms. The van der Waals surface area contributed by atoms with Crippen molar-refractivity contribution in [2.24, 2.45) is 0 Å². The Morgan fingerprint density at radius 2 is 1.70 bits per heavy atom. The molecule has 2 aromatic carbocycles. The summed E-state index contributed by atoms with van der Waals surface area (Å²) >= 11 is 0. The maximum absolute atomic E-state index is 13.7. The van der Waals surface area contributed by atoms with Crippen molar-refractivity contribution in [1.82, 2.24) is 10.3 Å². The lowest BCUT2D eigenvalue weighted by Gasteiger charge is -2.28. The lowest BCUT2D eigenvalue weighted by atomic mass is 10.2. The van der Waals surface area contributed by atoms with Crippen LogP contribution in [-0.2, 0) is 4.74 Å². The second kappa shape index (κ2) is 7.16. The number of fused-ring (bicyclic) bond motifs is 1. The van der Waals surface area contributed by atoms with Crippen molar-refractivity contribution in [3.8, 4) is 0 Å². The van der Waals surface area contributed by atoms with Gasteiger partial charge in [0.05, 0.1) is 30.3 Å². The van der Waals surface area contributed by atoms with Gasteiger partial charge >= 0.3 is 6.03 Å². The minimum Gasteiger partial charge on any atom is -0.378 e. The highest BCUT2D eigenvalue weighted by atomic mass is 19.1. The molecular formula is C17H15F2N5O3. The molecule has 1 fully saturated rings. The Morgan fingerprint density at radius 1 is 1.00 bits per heavy atom. The Labute approximate surface area is 152 Å². The fourth-order valence-corrected chi connectivity index (χ4v) is 2.88. The number of ether oxygens (including phenoxy) is 1. The number of nitrogens with one attached hydrogen (secondary N) is 2. The maximum Gasteiger partial charge on any atom is 0.323 e. The van der Waals surface area contributed by atoms with Gasteiger partial charge in [-0.3, -0.25) is 0 Å². The Kier molecular flexibility index (Phi) is 4.55. The first-order valence-corrected chi connectivity index (χ1v) is 8.23. The first-order chi connectivity index (χ1) is 13.1. The summed E-state index contributed by atoms with van der Waals surface area (Å²) in [6.45, 7) is 2.63. The van der Waals surface area contributed by atoms with Crippen molar-refractivity contribution in [2.75, 3.05) is 41.8 Å². The average Bonchev–Trinajstić information content (AvgIpc) is 3.15. The molecule has 1 aromatic heterocycles. The van der Waals surface area contributed by atoms with Gasteiger partial charge < -0.3 is 20.3 Å². The Balaban J connectivity index is 1.55. The van der Waals surface area contributed by atoms with E-state index >= 15 is 0 Å². The van der Waals surface area contributed by atoms with Gasteiger partial charge in [0, 0.05) is 19.2 Å². The molecule has 27 heavy (non-hydrogen) atoms. The van der Waals surface area contributed by atoms with E-state index in [1.165, 1.54) is 0 Å². The number of benzene rings is 2. The molecule has 1 saturated heterocycles. The topological polar surface area (TPSA) is 92.5 Å². The molecule has 3 aromatic rings. The fourth-order valence-electron chi connectivity index (χ4n) is 2.88. The van der Waals surface area contributed by atoms with E-state index in [9.17, 15) is 13.6 Å². The van der Waals surface area contributed by atoms with Crippen LogP contribution in [0.25, 0.3) is 11.0 Å². The monoisotopic (exact) mass is 375 g/mol. The van der Waals surface area contributed by atoms with E-state index < -0.39 is 17.7 Å². The van der Waals surface area contributed by atoms with Crippen LogP contribution in [0.15, 0.2) is 35.0 Å². The first kappa shape index (κ1) is 17.2. The SMILES string of the molecule is O=C(Nc1ccc(F)cc1F)Nc1ccc(N2CCOCC2)c2nonc12. The minimum atomic E-state index is -0.874. The number of carbonyl (C=O) groups excluding carboxylic acids is 1.